The summed E-state index contributed by atoms with van der Waals surface area (Å²) in [6, 6.07) is 10.7. The van der Waals surface area contributed by atoms with Crippen LogP contribution >= 0.6 is 57.4 Å². The molecule has 1 aliphatic rings. The van der Waals surface area contributed by atoms with Gasteiger partial charge in [-0.15, -0.1) is 0 Å². The zero-order chi connectivity index (χ0) is 22.0. The number of halogens is 2. The van der Waals surface area contributed by atoms with Crippen molar-refractivity contribution in [2.75, 3.05) is 11.5 Å². The first-order chi connectivity index (χ1) is 14.2. The zero-order valence-corrected chi connectivity index (χ0v) is 20.6. The number of hydrogen-bond acceptors (Lipinski definition) is 5. The van der Waals surface area contributed by atoms with Gasteiger partial charge < -0.3 is 9.84 Å². The Morgan fingerprint density at radius 1 is 1.23 bits per heavy atom. The molecule has 154 valence electrons. The zero-order valence-electron chi connectivity index (χ0n) is 15.4. The Kier molecular flexibility index (Phi) is 7.08. The van der Waals surface area contributed by atoms with Gasteiger partial charge in [-0.3, -0.25) is 19.8 Å². The molecule has 2 N–H and O–H groups in total. The number of carbonyl (C=O) groups excluding carboxylic acids is 2. The highest BCUT2D eigenvalue weighted by molar-refractivity contribution is 14.1. The minimum Gasteiger partial charge on any atom is -0.480 e. The van der Waals surface area contributed by atoms with Crippen LogP contribution in [0, 0.1) is 14.1 Å². The van der Waals surface area contributed by atoms with Gasteiger partial charge in [0, 0.05) is 0 Å². The first-order valence-electron chi connectivity index (χ1n) is 8.49. The Morgan fingerprint density at radius 3 is 2.50 bits per heavy atom. The van der Waals surface area contributed by atoms with Gasteiger partial charge in [-0.1, -0.05) is 12.1 Å². The van der Waals surface area contributed by atoms with Gasteiger partial charge in [-0.05, 0) is 106 Å². The predicted molar refractivity (Wildman–Crippen MR) is 132 cm³/mol. The van der Waals surface area contributed by atoms with Gasteiger partial charge in [0.2, 0.25) is 0 Å². The molecule has 2 aromatic rings. The van der Waals surface area contributed by atoms with E-state index in [4.69, 9.17) is 22.1 Å². The smallest absolute Gasteiger partial charge is 0.341 e. The van der Waals surface area contributed by atoms with Gasteiger partial charge >= 0.3 is 5.97 Å². The molecular weight excluding hydrogens is 634 g/mol. The molecule has 1 heterocycles. The standard InChI is InChI=1S/C20H14I2N2O5S/c1-10-3-2-4-12(5-10)24-19(28)13(18(27)23-20(24)30)6-11-7-14(21)17(15(22)8-11)29-9-16(25)26/h2-8H,9H2,1H3,(H,25,26)(H,23,27,30)/b13-6+. The SMILES string of the molecule is Cc1cccc(N2C(=O)/C(=C/c3cc(I)c(OCC(=O)O)c(I)c3)C(=O)NC2=S)c1. The number of rotatable bonds is 5. The van der Waals surface area contributed by atoms with Crippen molar-refractivity contribution in [3.8, 4) is 5.75 Å². The Balaban J connectivity index is 1.97. The highest BCUT2D eigenvalue weighted by Gasteiger charge is 2.34. The summed E-state index contributed by atoms with van der Waals surface area (Å²) in [4.78, 5) is 37.6. The summed E-state index contributed by atoms with van der Waals surface area (Å²) in [6.07, 6.45) is 1.48. The number of aliphatic carboxylic acids is 1. The third kappa shape index (κ3) is 4.98. The van der Waals surface area contributed by atoms with Gasteiger partial charge in [0.1, 0.15) is 11.3 Å². The molecule has 0 unspecified atom stereocenters. The van der Waals surface area contributed by atoms with Gasteiger partial charge in [0.05, 0.1) is 12.8 Å². The van der Waals surface area contributed by atoms with Crippen LogP contribution in [0.3, 0.4) is 0 Å². The summed E-state index contributed by atoms with van der Waals surface area (Å²) < 4.78 is 6.62. The van der Waals surface area contributed by atoms with E-state index in [9.17, 15) is 14.4 Å². The third-order valence-electron chi connectivity index (χ3n) is 4.03. The fourth-order valence-corrected chi connectivity index (χ4v) is 5.17. The number of nitrogens with zero attached hydrogens (tertiary/aromatic N) is 1. The summed E-state index contributed by atoms with van der Waals surface area (Å²) in [5.74, 6) is -1.75. The van der Waals surface area contributed by atoms with Gasteiger partial charge in [-0.2, -0.15) is 0 Å². The third-order valence-corrected chi connectivity index (χ3v) is 5.92. The van der Waals surface area contributed by atoms with Crippen molar-refractivity contribution in [3.63, 3.8) is 0 Å². The largest absolute Gasteiger partial charge is 0.480 e. The molecule has 0 aliphatic carbocycles. The molecule has 0 bridgehead atoms. The number of carbonyl (C=O) groups is 3. The molecule has 10 heteroatoms. The molecule has 7 nitrogen and oxygen atoms in total. The minimum absolute atomic E-state index is 0.0225. The number of carboxylic acid groups (broad SMARTS) is 1. The van der Waals surface area contributed by atoms with E-state index in [2.05, 4.69) is 5.32 Å². The monoisotopic (exact) mass is 648 g/mol. The van der Waals surface area contributed by atoms with Crippen LogP contribution in [0.4, 0.5) is 5.69 Å². The Bertz CT molecular complexity index is 1090. The maximum Gasteiger partial charge on any atom is 0.341 e. The Hall–Kier alpha value is -2.06. The highest BCUT2D eigenvalue weighted by atomic mass is 127. The normalized spacial score (nSPS) is 15.4. The van der Waals surface area contributed by atoms with Crippen LogP contribution in [-0.4, -0.2) is 34.6 Å². The number of aryl methyl sites for hydroxylation is 1. The molecule has 3 rings (SSSR count). The lowest BCUT2D eigenvalue weighted by Crippen LogP contribution is -2.54. The second-order valence-electron chi connectivity index (χ2n) is 6.29. The summed E-state index contributed by atoms with van der Waals surface area (Å²) in [6.45, 7) is 1.43. The summed E-state index contributed by atoms with van der Waals surface area (Å²) >= 11 is 9.24. The molecule has 1 saturated heterocycles. The van der Waals surface area contributed by atoms with E-state index in [0.29, 0.717) is 24.1 Å². The van der Waals surface area contributed by atoms with Gasteiger partial charge in [0.15, 0.2) is 11.7 Å². The number of carboxylic acids is 1. The number of hydrogen-bond donors (Lipinski definition) is 2. The number of ether oxygens (including phenoxy) is 1. The average molecular weight is 648 g/mol. The van der Waals surface area contributed by atoms with Crippen LogP contribution in [0.5, 0.6) is 5.75 Å². The van der Waals surface area contributed by atoms with Crippen molar-refractivity contribution in [3.05, 3.63) is 60.2 Å². The summed E-state index contributed by atoms with van der Waals surface area (Å²) in [5, 5.41) is 11.4. The molecule has 0 aromatic heterocycles. The molecule has 1 aliphatic heterocycles. The van der Waals surface area contributed by atoms with E-state index in [1.165, 1.54) is 11.0 Å². The van der Waals surface area contributed by atoms with Crippen molar-refractivity contribution in [1.82, 2.24) is 5.32 Å². The quantitative estimate of drug-likeness (QED) is 0.223. The molecule has 0 saturated carbocycles. The number of nitrogens with one attached hydrogen (secondary N) is 1. The molecule has 2 amide bonds. The van der Waals surface area contributed by atoms with E-state index >= 15 is 0 Å². The summed E-state index contributed by atoms with van der Waals surface area (Å²) in [7, 11) is 0. The first kappa shape index (κ1) is 22.6. The van der Waals surface area contributed by atoms with Crippen molar-refractivity contribution in [2.45, 2.75) is 6.92 Å². The number of benzene rings is 2. The lowest BCUT2D eigenvalue weighted by molar-refractivity contribution is -0.139. The molecular formula is C20H14I2N2O5S. The van der Waals surface area contributed by atoms with Gasteiger partial charge in [0.25, 0.3) is 11.8 Å². The Labute approximate surface area is 204 Å². The molecule has 30 heavy (non-hydrogen) atoms. The average Bonchev–Trinajstić information content (AvgIpc) is 2.64. The van der Waals surface area contributed by atoms with Crippen LogP contribution < -0.4 is 15.0 Å². The topological polar surface area (TPSA) is 95.9 Å². The van der Waals surface area contributed by atoms with Gasteiger partial charge in [-0.25, -0.2) is 4.79 Å². The van der Waals surface area contributed by atoms with Crippen molar-refractivity contribution in [1.29, 1.82) is 0 Å². The second-order valence-corrected chi connectivity index (χ2v) is 9.00. The van der Waals surface area contributed by atoms with E-state index in [1.54, 1.807) is 30.3 Å². The molecule has 2 aromatic carbocycles. The predicted octanol–water partition coefficient (Wildman–Crippen LogP) is 3.50. The molecule has 0 spiro atoms. The van der Waals surface area contributed by atoms with Crippen LogP contribution in [-0.2, 0) is 14.4 Å². The lowest BCUT2D eigenvalue weighted by atomic mass is 10.1. The van der Waals surface area contributed by atoms with Crippen LogP contribution in [0.1, 0.15) is 11.1 Å². The van der Waals surface area contributed by atoms with E-state index < -0.39 is 24.4 Å². The minimum atomic E-state index is -1.08. The molecule has 0 atom stereocenters. The van der Waals surface area contributed by atoms with E-state index in [1.807, 2.05) is 58.2 Å². The second kappa shape index (κ2) is 9.39. The molecule has 1 fully saturated rings. The van der Waals surface area contributed by atoms with Crippen molar-refractivity contribution in [2.24, 2.45) is 0 Å². The van der Waals surface area contributed by atoms with E-state index in [0.717, 1.165) is 5.56 Å². The number of anilines is 1. The number of amides is 2. The lowest BCUT2D eigenvalue weighted by Gasteiger charge is -2.29. The highest BCUT2D eigenvalue weighted by Crippen LogP contribution is 2.30. The molecule has 0 radical (unpaired) electrons. The first-order valence-corrected chi connectivity index (χ1v) is 11.1. The van der Waals surface area contributed by atoms with Crippen LogP contribution in [0.2, 0.25) is 0 Å². The van der Waals surface area contributed by atoms with Crippen molar-refractivity contribution >= 4 is 92.1 Å². The fourth-order valence-electron chi connectivity index (χ4n) is 2.76. The number of thiocarbonyl (C=S) groups is 1. The van der Waals surface area contributed by atoms with E-state index in [-0.39, 0.29) is 10.7 Å². The van der Waals surface area contributed by atoms with Crippen molar-refractivity contribution < 1.29 is 24.2 Å². The summed E-state index contributed by atoms with van der Waals surface area (Å²) in [5.41, 5.74) is 2.06. The maximum absolute atomic E-state index is 13.1. The van der Waals surface area contributed by atoms with Crippen LogP contribution in [0.25, 0.3) is 6.08 Å². The fraction of sp³-hybridized carbons (Fsp3) is 0.100. The Morgan fingerprint density at radius 2 is 1.90 bits per heavy atom. The maximum atomic E-state index is 13.1. The van der Waals surface area contributed by atoms with Crippen LogP contribution in [0.15, 0.2) is 42.0 Å².